The first kappa shape index (κ1) is 15.1. The number of rotatable bonds is 6. The van der Waals surface area contributed by atoms with Crippen molar-refractivity contribution >= 4 is 5.69 Å². The molecule has 0 aliphatic heterocycles. The van der Waals surface area contributed by atoms with E-state index < -0.39 is 0 Å². The Balaban J connectivity index is 1.65. The van der Waals surface area contributed by atoms with Gasteiger partial charge in [0.25, 0.3) is 0 Å². The fraction of sp³-hybridized carbons (Fsp3) is 0.176. The Bertz CT molecular complexity index is 756. The van der Waals surface area contributed by atoms with Gasteiger partial charge in [-0.3, -0.25) is 5.10 Å². The van der Waals surface area contributed by atoms with Crippen molar-refractivity contribution in [2.75, 3.05) is 12.4 Å². The number of aromatic nitrogens is 3. The van der Waals surface area contributed by atoms with Crippen LogP contribution in [-0.2, 0) is 6.54 Å². The SMILES string of the molecule is COc1cccc(NCc2nc(C(N)c3ccccc3)n[nH]2)c1. The van der Waals surface area contributed by atoms with Crippen LogP contribution in [0.4, 0.5) is 5.69 Å². The zero-order valence-electron chi connectivity index (χ0n) is 12.9. The topological polar surface area (TPSA) is 88.8 Å². The first-order chi connectivity index (χ1) is 11.3. The van der Waals surface area contributed by atoms with Crippen molar-refractivity contribution in [1.82, 2.24) is 15.2 Å². The monoisotopic (exact) mass is 309 g/mol. The lowest BCUT2D eigenvalue weighted by Crippen LogP contribution is -2.13. The van der Waals surface area contributed by atoms with Gasteiger partial charge in [0.2, 0.25) is 0 Å². The second-order valence-electron chi connectivity index (χ2n) is 5.11. The summed E-state index contributed by atoms with van der Waals surface area (Å²) in [6, 6.07) is 17.2. The van der Waals surface area contributed by atoms with Crippen molar-refractivity contribution in [3.63, 3.8) is 0 Å². The summed E-state index contributed by atoms with van der Waals surface area (Å²) in [5.74, 6) is 2.12. The van der Waals surface area contributed by atoms with Gasteiger partial charge < -0.3 is 15.8 Å². The van der Waals surface area contributed by atoms with Crippen LogP contribution in [0.25, 0.3) is 0 Å². The van der Waals surface area contributed by atoms with E-state index in [4.69, 9.17) is 10.5 Å². The van der Waals surface area contributed by atoms with Crippen molar-refractivity contribution in [2.45, 2.75) is 12.6 Å². The highest BCUT2D eigenvalue weighted by molar-refractivity contribution is 5.48. The molecule has 23 heavy (non-hydrogen) atoms. The summed E-state index contributed by atoms with van der Waals surface area (Å²) in [6.07, 6.45) is 0. The van der Waals surface area contributed by atoms with Gasteiger partial charge >= 0.3 is 0 Å². The van der Waals surface area contributed by atoms with Gasteiger partial charge in [-0.2, -0.15) is 5.10 Å². The van der Waals surface area contributed by atoms with E-state index in [2.05, 4.69) is 20.5 Å². The number of hydrogen-bond acceptors (Lipinski definition) is 5. The zero-order valence-corrected chi connectivity index (χ0v) is 12.9. The average molecular weight is 309 g/mol. The first-order valence-electron chi connectivity index (χ1n) is 7.36. The summed E-state index contributed by atoms with van der Waals surface area (Å²) < 4.78 is 5.20. The molecule has 6 nitrogen and oxygen atoms in total. The van der Waals surface area contributed by atoms with Crippen LogP contribution in [0.1, 0.15) is 23.3 Å². The number of H-pyrrole nitrogens is 1. The summed E-state index contributed by atoms with van der Waals surface area (Å²) in [5.41, 5.74) is 8.13. The Morgan fingerprint density at radius 2 is 2.00 bits per heavy atom. The molecule has 0 saturated carbocycles. The summed E-state index contributed by atoms with van der Waals surface area (Å²) in [7, 11) is 1.65. The first-order valence-corrected chi connectivity index (χ1v) is 7.36. The Kier molecular flexibility index (Phi) is 4.54. The average Bonchev–Trinajstić information content (AvgIpc) is 3.09. The third kappa shape index (κ3) is 3.67. The van der Waals surface area contributed by atoms with Gasteiger partial charge in [-0.15, -0.1) is 0 Å². The summed E-state index contributed by atoms with van der Waals surface area (Å²) >= 11 is 0. The molecule has 0 saturated heterocycles. The van der Waals surface area contributed by atoms with E-state index >= 15 is 0 Å². The maximum Gasteiger partial charge on any atom is 0.171 e. The van der Waals surface area contributed by atoms with Gasteiger partial charge in [-0.25, -0.2) is 4.98 Å². The summed E-state index contributed by atoms with van der Waals surface area (Å²) in [4.78, 5) is 4.46. The number of nitrogens with two attached hydrogens (primary N) is 1. The quantitative estimate of drug-likeness (QED) is 0.651. The molecule has 2 aromatic carbocycles. The molecule has 0 radical (unpaired) electrons. The minimum Gasteiger partial charge on any atom is -0.497 e. The minimum absolute atomic E-state index is 0.335. The molecule has 1 heterocycles. The predicted molar refractivity (Wildman–Crippen MR) is 89.2 cm³/mol. The van der Waals surface area contributed by atoms with Crippen LogP contribution in [0.15, 0.2) is 54.6 Å². The third-order valence-electron chi connectivity index (χ3n) is 3.52. The van der Waals surface area contributed by atoms with E-state index in [1.807, 2.05) is 54.6 Å². The van der Waals surface area contributed by atoms with Crippen molar-refractivity contribution in [1.29, 1.82) is 0 Å². The fourth-order valence-electron chi connectivity index (χ4n) is 2.26. The molecule has 0 aliphatic rings. The molecule has 1 aromatic heterocycles. The van der Waals surface area contributed by atoms with Crippen LogP contribution in [0.3, 0.4) is 0 Å². The number of aromatic amines is 1. The highest BCUT2D eigenvalue weighted by atomic mass is 16.5. The maximum absolute atomic E-state index is 6.19. The van der Waals surface area contributed by atoms with Gasteiger partial charge in [-0.1, -0.05) is 36.4 Å². The molecular weight excluding hydrogens is 290 g/mol. The largest absolute Gasteiger partial charge is 0.497 e. The Morgan fingerprint density at radius 1 is 1.17 bits per heavy atom. The van der Waals surface area contributed by atoms with Crippen LogP contribution >= 0.6 is 0 Å². The molecule has 1 unspecified atom stereocenters. The molecule has 0 bridgehead atoms. The minimum atomic E-state index is -0.335. The van der Waals surface area contributed by atoms with Crippen molar-refractivity contribution < 1.29 is 4.74 Å². The fourth-order valence-corrected chi connectivity index (χ4v) is 2.26. The van der Waals surface area contributed by atoms with Gasteiger partial charge in [0.1, 0.15) is 11.6 Å². The zero-order chi connectivity index (χ0) is 16.1. The molecule has 0 fully saturated rings. The highest BCUT2D eigenvalue weighted by Gasteiger charge is 2.14. The molecule has 3 rings (SSSR count). The Morgan fingerprint density at radius 3 is 2.78 bits per heavy atom. The number of benzene rings is 2. The van der Waals surface area contributed by atoms with Crippen LogP contribution in [-0.4, -0.2) is 22.3 Å². The van der Waals surface area contributed by atoms with Crippen LogP contribution in [0, 0.1) is 0 Å². The maximum atomic E-state index is 6.19. The van der Waals surface area contributed by atoms with Gasteiger partial charge in [0, 0.05) is 11.8 Å². The molecule has 118 valence electrons. The lowest BCUT2D eigenvalue weighted by atomic mass is 10.1. The van der Waals surface area contributed by atoms with E-state index in [0.717, 1.165) is 22.8 Å². The second-order valence-corrected chi connectivity index (χ2v) is 5.11. The molecular formula is C17H19N5O. The Hall–Kier alpha value is -2.86. The number of anilines is 1. The number of methoxy groups -OCH3 is 1. The summed E-state index contributed by atoms with van der Waals surface area (Å²) in [6.45, 7) is 0.529. The number of ether oxygens (including phenoxy) is 1. The predicted octanol–water partition coefficient (Wildman–Crippen LogP) is 2.47. The summed E-state index contributed by atoms with van der Waals surface area (Å²) in [5, 5.41) is 10.4. The van der Waals surface area contributed by atoms with Gasteiger partial charge in [0.15, 0.2) is 5.82 Å². The molecule has 1 atom stereocenters. The smallest absolute Gasteiger partial charge is 0.171 e. The third-order valence-corrected chi connectivity index (χ3v) is 3.52. The number of nitrogens with one attached hydrogen (secondary N) is 2. The van der Waals surface area contributed by atoms with E-state index in [-0.39, 0.29) is 6.04 Å². The van der Waals surface area contributed by atoms with E-state index in [1.54, 1.807) is 7.11 Å². The number of nitrogens with zero attached hydrogens (tertiary/aromatic N) is 2. The molecule has 0 amide bonds. The second kappa shape index (κ2) is 6.93. The normalized spacial score (nSPS) is 11.9. The standard InChI is InChI=1S/C17H19N5O/c1-23-14-9-5-8-13(10-14)19-11-15-20-17(22-21-15)16(18)12-6-3-2-4-7-12/h2-10,16,19H,11,18H2,1H3,(H,20,21,22). The van der Waals surface area contributed by atoms with E-state index in [1.165, 1.54) is 0 Å². The molecule has 0 aliphatic carbocycles. The van der Waals surface area contributed by atoms with Crippen LogP contribution in [0.5, 0.6) is 5.75 Å². The highest BCUT2D eigenvalue weighted by Crippen LogP contribution is 2.18. The number of hydrogen-bond donors (Lipinski definition) is 3. The molecule has 6 heteroatoms. The van der Waals surface area contributed by atoms with E-state index in [9.17, 15) is 0 Å². The van der Waals surface area contributed by atoms with Crippen molar-refractivity contribution in [3.8, 4) is 5.75 Å². The lowest BCUT2D eigenvalue weighted by Gasteiger charge is -2.07. The molecule has 4 N–H and O–H groups in total. The van der Waals surface area contributed by atoms with E-state index in [0.29, 0.717) is 12.4 Å². The van der Waals surface area contributed by atoms with Crippen LogP contribution in [0.2, 0.25) is 0 Å². The molecule has 0 spiro atoms. The van der Waals surface area contributed by atoms with Gasteiger partial charge in [-0.05, 0) is 17.7 Å². The van der Waals surface area contributed by atoms with Crippen molar-refractivity contribution in [2.24, 2.45) is 5.73 Å². The molecule has 3 aromatic rings. The van der Waals surface area contributed by atoms with Crippen LogP contribution < -0.4 is 15.8 Å². The van der Waals surface area contributed by atoms with Crippen molar-refractivity contribution in [3.05, 3.63) is 71.8 Å². The lowest BCUT2D eigenvalue weighted by molar-refractivity contribution is 0.415. The Labute approximate surface area is 134 Å². The van der Waals surface area contributed by atoms with Gasteiger partial charge in [0.05, 0.1) is 19.7 Å².